The van der Waals surface area contributed by atoms with Gasteiger partial charge in [0, 0.05) is 38.8 Å². The van der Waals surface area contributed by atoms with Crippen LogP contribution in [0.4, 0.5) is 0 Å². The molecule has 0 saturated carbocycles. The zero-order valence-electron chi connectivity index (χ0n) is 39.6. The first-order valence-electron chi connectivity index (χ1n) is 22.9. The molecule has 0 amide bonds. The average Bonchev–Trinajstić information content (AvgIpc) is 4.18. The van der Waals surface area contributed by atoms with E-state index < -0.39 is 0 Å². The second-order valence-electron chi connectivity index (χ2n) is 20.7. The van der Waals surface area contributed by atoms with Crippen molar-refractivity contribution in [1.29, 1.82) is 5.26 Å². The molecule has 4 aromatic heterocycles. The number of aromatic nitrogens is 7. The van der Waals surface area contributed by atoms with E-state index in [1.165, 1.54) is 16.7 Å². The number of benzene rings is 4. The summed E-state index contributed by atoms with van der Waals surface area (Å²) < 4.78 is 1.80. The van der Waals surface area contributed by atoms with Gasteiger partial charge in [-0.3, -0.25) is 0 Å². The molecule has 0 aliphatic carbocycles. The largest absolute Gasteiger partial charge is 0.354 e. The van der Waals surface area contributed by atoms with Gasteiger partial charge < -0.3 is 9.97 Å². The molecule has 6 heterocycles. The Hall–Kier alpha value is -7.89. The smallest absolute Gasteiger partial charge is 0.115 e. The highest BCUT2D eigenvalue weighted by Crippen LogP contribution is 2.39. The molecule has 0 unspecified atom stereocenters. The average molecular weight is 875 g/mol. The maximum atomic E-state index is 9.46. The molecular weight excluding hydrogens is 821 g/mol. The van der Waals surface area contributed by atoms with E-state index in [0.29, 0.717) is 11.3 Å². The first kappa shape index (κ1) is 43.0. The van der Waals surface area contributed by atoms with E-state index in [9.17, 15) is 5.26 Å². The summed E-state index contributed by atoms with van der Waals surface area (Å²) in [7, 11) is 0. The third-order valence-corrected chi connectivity index (χ3v) is 12.9. The van der Waals surface area contributed by atoms with Crippen LogP contribution >= 0.6 is 0 Å². The molecule has 2 N–H and O–H groups in total. The lowest BCUT2D eigenvalue weighted by atomic mass is 9.86. The minimum absolute atomic E-state index is 0.00655. The molecule has 2 aliphatic rings. The van der Waals surface area contributed by atoms with Gasteiger partial charge in [0.2, 0.25) is 0 Å². The van der Waals surface area contributed by atoms with Crippen molar-refractivity contribution < 1.29 is 0 Å². The van der Waals surface area contributed by atoms with Crippen molar-refractivity contribution in [1.82, 2.24) is 34.9 Å². The van der Waals surface area contributed by atoms with Crippen LogP contribution in [0, 0.1) is 11.3 Å². The van der Waals surface area contributed by atoms with E-state index in [4.69, 9.17) is 15.2 Å². The predicted molar refractivity (Wildman–Crippen MR) is 276 cm³/mol. The zero-order valence-corrected chi connectivity index (χ0v) is 39.6. The van der Waals surface area contributed by atoms with E-state index in [1.807, 2.05) is 18.3 Å². The molecule has 330 valence electrons. The first-order valence-corrected chi connectivity index (χ1v) is 22.9. The van der Waals surface area contributed by atoms with E-state index in [-0.39, 0.29) is 16.2 Å². The summed E-state index contributed by atoms with van der Waals surface area (Å²) in [6.45, 7) is 20.2. The molecule has 8 bridgehead atoms. The molecule has 0 radical (unpaired) electrons. The third-order valence-electron chi connectivity index (χ3n) is 12.9. The highest BCUT2D eigenvalue weighted by atomic mass is 15.4. The molecule has 4 aromatic carbocycles. The molecule has 8 nitrogen and oxygen atoms in total. The number of nitriles is 1. The maximum absolute atomic E-state index is 9.46. The summed E-state index contributed by atoms with van der Waals surface area (Å²) in [6, 6.07) is 44.8. The Morgan fingerprint density at radius 1 is 0.433 bits per heavy atom. The van der Waals surface area contributed by atoms with E-state index in [1.54, 1.807) is 16.8 Å². The van der Waals surface area contributed by atoms with Gasteiger partial charge in [-0.1, -0.05) is 152 Å². The van der Waals surface area contributed by atoms with Gasteiger partial charge in [0.25, 0.3) is 0 Å². The Kier molecular flexibility index (Phi) is 10.4. The Bertz CT molecular complexity index is 3420. The monoisotopic (exact) mass is 874 g/mol. The molecular formula is C59H54N8. The molecule has 8 heteroatoms. The van der Waals surface area contributed by atoms with E-state index >= 15 is 0 Å². The SMILES string of the molecule is CC(C)(C)c1ccc(-c2c3nc(c(-c4ccc(C(C)(C)C)cc4)c4ccc([nH]4)c(-n4cc(-c5ccc(C#N)cc5)nn4)c4nc(c(-c5ccc(C(C)(C)C)cc5)c5ccc2[nH]5)C=C4)C=C3)cc1. The van der Waals surface area contributed by atoms with Crippen molar-refractivity contribution in [2.45, 2.75) is 78.6 Å². The van der Waals surface area contributed by atoms with Crippen molar-refractivity contribution in [2.75, 3.05) is 0 Å². The lowest BCUT2D eigenvalue weighted by Gasteiger charge is -2.19. The standard InChI is InChI=1S/C59H54N8/c1-57(2,3)41-20-14-38(15-21-41)53-44-26-28-46(61-44)54(39-16-22-42(23-17-39)58(4,5)6)48-30-32-50(63-48)56(67-35-52(65-66-67)37-12-10-36(34-60)11-13-37)51-33-31-49(64-51)55(47-29-27-45(53)62-47)40-18-24-43(25-19-40)59(7,8)9/h10-33,35,61,64H,1-9H3. The molecule has 67 heavy (non-hydrogen) atoms. The number of nitrogens with one attached hydrogen (secondary N) is 2. The summed E-state index contributed by atoms with van der Waals surface area (Å²) in [5.41, 5.74) is 19.6. The minimum Gasteiger partial charge on any atom is -0.354 e. The summed E-state index contributed by atoms with van der Waals surface area (Å²) in [6.07, 6.45) is 10.4. The summed E-state index contributed by atoms with van der Waals surface area (Å²) >= 11 is 0. The first-order chi connectivity index (χ1) is 32.0. The molecule has 2 aliphatic heterocycles. The number of aromatic amines is 2. The highest BCUT2D eigenvalue weighted by Gasteiger charge is 2.22. The van der Waals surface area contributed by atoms with Gasteiger partial charge in [0.1, 0.15) is 11.4 Å². The van der Waals surface area contributed by atoms with Crippen molar-refractivity contribution in [2.24, 2.45) is 0 Å². The van der Waals surface area contributed by atoms with Crippen LogP contribution in [0.25, 0.3) is 96.7 Å². The molecule has 0 fully saturated rings. The third kappa shape index (κ3) is 8.23. The molecule has 8 aromatic rings. The Labute approximate surface area is 392 Å². The van der Waals surface area contributed by atoms with Crippen LogP contribution in [0.2, 0.25) is 0 Å². The predicted octanol–water partition coefficient (Wildman–Crippen LogP) is 14.7. The topological polar surface area (TPSA) is 112 Å². The second kappa shape index (κ2) is 16.2. The van der Waals surface area contributed by atoms with Crippen LogP contribution in [-0.2, 0) is 16.2 Å². The van der Waals surface area contributed by atoms with Crippen LogP contribution in [0.15, 0.2) is 128 Å². The molecule has 0 atom stereocenters. The fraction of sp³-hybridized carbons (Fsp3) is 0.203. The van der Waals surface area contributed by atoms with Crippen LogP contribution in [0.3, 0.4) is 0 Å². The molecule has 0 saturated heterocycles. The van der Waals surface area contributed by atoms with E-state index in [2.05, 4.69) is 205 Å². The van der Waals surface area contributed by atoms with Gasteiger partial charge in [0.15, 0.2) is 0 Å². The van der Waals surface area contributed by atoms with Gasteiger partial charge in [-0.15, -0.1) is 5.10 Å². The molecule has 0 spiro atoms. The van der Waals surface area contributed by atoms with Crippen molar-refractivity contribution >= 4 is 46.4 Å². The number of hydrogen-bond acceptors (Lipinski definition) is 5. The number of hydrogen-bond donors (Lipinski definition) is 2. The van der Waals surface area contributed by atoms with Gasteiger partial charge >= 0.3 is 0 Å². The number of nitrogens with zero attached hydrogens (tertiary/aromatic N) is 6. The van der Waals surface area contributed by atoms with Crippen molar-refractivity contribution in [3.8, 4) is 56.4 Å². The summed E-state index contributed by atoms with van der Waals surface area (Å²) in [5.74, 6) is 0. The fourth-order valence-electron chi connectivity index (χ4n) is 8.97. The van der Waals surface area contributed by atoms with Gasteiger partial charge in [-0.25, -0.2) is 14.6 Å². The Morgan fingerprint density at radius 2 is 0.791 bits per heavy atom. The minimum atomic E-state index is -0.00681. The Balaban J connectivity index is 1.31. The van der Waals surface area contributed by atoms with Gasteiger partial charge in [-0.05, 0) is 110 Å². The number of fused-ring (bicyclic) bond motifs is 8. The van der Waals surface area contributed by atoms with Crippen LogP contribution < -0.4 is 0 Å². The lowest BCUT2D eigenvalue weighted by Crippen LogP contribution is -2.10. The summed E-state index contributed by atoms with van der Waals surface area (Å²) in [5, 5.41) is 18.8. The van der Waals surface area contributed by atoms with Crippen LogP contribution in [-0.4, -0.2) is 34.9 Å². The normalized spacial score (nSPS) is 12.7. The van der Waals surface area contributed by atoms with Crippen LogP contribution in [0.1, 0.15) is 107 Å². The van der Waals surface area contributed by atoms with Crippen molar-refractivity contribution in [3.63, 3.8) is 0 Å². The number of rotatable bonds is 5. The lowest BCUT2D eigenvalue weighted by molar-refractivity contribution is 0.590. The number of H-pyrrole nitrogens is 2. The Morgan fingerprint density at radius 3 is 1.19 bits per heavy atom. The highest BCUT2D eigenvalue weighted by molar-refractivity contribution is 5.98. The molecule has 10 rings (SSSR count). The summed E-state index contributed by atoms with van der Waals surface area (Å²) in [4.78, 5) is 18.7. The quantitative estimate of drug-likeness (QED) is 0.179. The zero-order chi connectivity index (χ0) is 46.8. The second-order valence-corrected chi connectivity index (χ2v) is 20.7. The van der Waals surface area contributed by atoms with Gasteiger partial charge in [0.05, 0.1) is 46.1 Å². The van der Waals surface area contributed by atoms with Crippen molar-refractivity contribution in [3.05, 3.63) is 173 Å². The fourth-order valence-corrected chi connectivity index (χ4v) is 8.97. The maximum Gasteiger partial charge on any atom is 0.115 e. The van der Waals surface area contributed by atoms with E-state index in [0.717, 1.165) is 89.5 Å². The van der Waals surface area contributed by atoms with Crippen LogP contribution in [0.5, 0.6) is 0 Å². The van der Waals surface area contributed by atoms with Gasteiger partial charge in [-0.2, -0.15) is 5.26 Å².